The van der Waals surface area contributed by atoms with Crippen LogP contribution in [0.25, 0.3) is 0 Å². The molecule has 0 amide bonds. The van der Waals surface area contributed by atoms with Crippen molar-refractivity contribution in [3.63, 3.8) is 0 Å². The molecule has 2 aliphatic heterocycles. The van der Waals surface area contributed by atoms with Gasteiger partial charge in [-0.3, -0.25) is 4.79 Å². The molecule has 4 aliphatic rings. The van der Waals surface area contributed by atoms with E-state index < -0.39 is 0 Å². The Labute approximate surface area is 348 Å². The van der Waals surface area contributed by atoms with Crippen molar-refractivity contribution in [1.82, 2.24) is 19.7 Å². The van der Waals surface area contributed by atoms with Crippen molar-refractivity contribution in [2.24, 2.45) is 5.73 Å². The first-order valence-electron chi connectivity index (χ1n) is 19.6. The van der Waals surface area contributed by atoms with Gasteiger partial charge in [0.15, 0.2) is 16.0 Å². The van der Waals surface area contributed by atoms with Crippen LogP contribution in [0.15, 0.2) is 53.9 Å². The molecule has 2 saturated carbocycles. The maximum atomic E-state index is 12.2. The standard InChI is InChI=1S/C21H28ClN3S.C14H16Cl2O.C7H15N3S/c1-24-13-10-18(14-24)25(2)20-23-19(15-26-20)21(11-4-3-5-12-21)16-6-8-17(22)9-7-16;15-10-13(17)14(8-2-1-3-9-14)11-4-6-12(16)7-5-11;1-9-4-3-6(5-9)10(2)7(8)11/h6-9,15,18H,3-5,10-14H2,1-2H3;4-7H,1-3,8-10H2;6H,3-5H2,1-2H3,(H2,8,11). The van der Waals surface area contributed by atoms with Gasteiger partial charge in [-0.1, -0.05) is 86.0 Å². The molecular weight excluding hydrogens is 775 g/mol. The van der Waals surface area contributed by atoms with E-state index in [1.807, 2.05) is 48.3 Å². The van der Waals surface area contributed by atoms with Gasteiger partial charge in [-0.05, 0) is 113 Å². The van der Waals surface area contributed by atoms with Crippen molar-refractivity contribution in [2.75, 3.05) is 65.1 Å². The molecular formula is C42H59Cl3N6OS2. The number of nitrogens with two attached hydrogens (primary N) is 1. The number of anilines is 1. The van der Waals surface area contributed by atoms with Crippen LogP contribution in [0, 0.1) is 0 Å². The van der Waals surface area contributed by atoms with Gasteiger partial charge in [0, 0.05) is 60.1 Å². The Balaban J connectivity index is 0.000000172. The normalized spacial score (nSPS) is 22.4. The Morgan fingerprint density at radius 1 is 0.833 bits per heavy atom. The molecule has 4 fully saturated rings. The predicted molar refractivity (Wildman–Crippen MR) is 234 cm³/mol. The van der Waals surface area contributed by atoms with Gasteiger partial charge in [-0.2, -0.15) is 0 Å². The minimum atomic E-state index is -0.357. The summed E-state index contributed by atoms with van der Waals surface area (Å²) in [6, 6.07) is 17.2. The van der Waals surface area contributed by atoms with Crippen LogP contribution in [0.2, 0.25) is 10.0 Å². The molecule has 0 bridgehead atoms. The van der Waals surface area contributed by atoms with Crippen LogP contribution in [0.5, 0.6) is 0 Å². The van der Waals surface area contributed by atoms with Crippen LogP contribution in [-0.4, -0.2) is 103 Å². The van der Waals surface area contributed by atoms with E-state index in [9.17, 15) is 4.79 Å². The molecule has 0 spiro atoms. The smallest absolute Gasteiger partial charge is 0.185 e. The predicted octanol–water partition coefficient (Wildman–Crippen LogP) is 9.40. The van der Waals surface area contributed by atoms with Crippen LogP contribution in [-0.2, 0) is 15.6 Å². The Morgan fingerprint density at radius 3 is 1.81 bits per heavy atom. The van der Waals surface area contributed by atoms with E-state index in [1.165, 1.54) is 74.3 Å². The molecule has 2 N–H and O–H groups in total. The van der Waals surface area contributed by atoms with Crippen molar-refractivity contribution in [3.05, 3.63) is 80.8 Å². The maximum Gasteiger partial charge on any atom is 0.185 e. The van der Waals surface area contributed by atoms with Crippen molar-refractivity contribution >= 4 is 74.4 Å². The minimum absolute atomic E-state index is 0.0604. The van der Waals surface area contributed by atoms with E-state index >= 15 is 0 Å². The number of likely N-dealkylation sites (tertiary alicyclic amines) is 2. The third kappa shape index (κ3) is 10.5. The van der Waals surface area contributed by atoms with Crippen molar-refractivity contribution in [1.29, 1.82) is 0 Å². The first-order chi connectivity index (χ1) is 25.9. The zero-order chi connectivity index (χ0) is 38.9. The van der Waals surface area contributed by atoms with E-state index in [0.717, 1.165) is 55.9 Å². The van der Waals surface area contributed by atoms with E-state index in [-0.39, 0.29) is 22.5 Å². The van der Waals surface area contributed by atoms with Gasteiger partial charge in [-0.15, -0.1) is 22.9 Å². The second-order valence-corrected chi connectivity index (χ2v) is 18.2. The van der Waals surface area contributed by atoms with E-state index in [0.29, 0.717) is 22.2 Å². The lowest BCUT2D eigenvalue weighted by atomic mass is 9.67. The molecule has 54 heavy (non-hydrogen) atoms. The number of thiocarbonyl (C=S) groups is 1. The van der Waals surface area contributed by atoms with Crippen molar-refractivity contribution in [2.45, 2.75) is 100.0 Å². The molecule has 0 radical (unpaired) electrons. The highest BCUT2D eigenvalue weighted by atomic mass is 35.5. The Bertz CT molecular complexity index is 1640. The molecule has 2 aliphatic carbocycles. The summed E-state index contributed by atoms with van der Waals surface area (Å²) in [7, 11) is 8.50. The molecule has 7 nitrogen and oxygen atoms in total. The number of alkyl halides is 1. The van der Waals surface area contributed by atoms with Gasteiger partial charge in [0.05, 0.1) is 17.0 Å². The summed E-state index contributed by atoms with van der Waals surface area (Å²) < 4.78 is 0. The zero-order valence-corrected chi connectivity index (χ0v) is 36.4. The fourth-order valence-electron chi connectivity index (χ4n) is 8.84. The average molecular weight is 834 g/mol. The van der Waals surface area contributed by atoms with E-state index in [1.54, 1.807) is 11.3 Å². The van der Waals surface area contributed by atoms with Crippen LogP contribution in [0.3, 0.4) is 0 Å². The van der Waals surface area contributed by atoms with Gasteiger partial charge in [0.1, 0.15) is 0 Å². The molecule has 12 heteroatoms. The quantitative estimate of drug-likeness (QED) is 0.178. The zero-order valence-electron chi connectivity index (χ0n) is 32.5. The number of rotatable bonds is 8. The Kier molecular flexibility index (Phi) is 15.9. The van der Waals surface area contributed by atoms with Crippen molar-refractivity contribution in [3.8, 4) is 0 Å². The SMILES string of the molecule is CN1CCC(N(C)C(N)=S)C1.CN1CCC(N(C)c2nc(C3(c4ccc(Cl)cc4)CCCCC3)cs2)C1.O=C(CCl)C1(c2ccc(Cl)cc2)CCCCC1. The number of halogens is 3. The fourth-order valence-corrected chi connectivity index (χ4v) is 10.5. The number of carbonyl (C=O) groups is 1. The number of nitrogens with zero attached hydrogens (tertiary/aromatic N) is 5. The van der Waals surface area contributed by atoms with Crippen LogP contribution < -0.4 is 10.6 Å². The third-order valence-electron chi connectivity index (χ3n) is 12.3. The molecule has 2 atom stereocenters. The largest absolute Gasteiger partial charge is 0.376 e. The third-order valence-corrected chi connectivity index (χ3v) is 14.3. The molecule has 2 unspecified atom stereocenters. The van der Waals surface area contributed by atoms with Gasteiger partial charge < -0.3 is 25.3 Å². The number of Topliss-reactive ketones (excluding diaryl/α,β-unsaturated/α-hetero) is 1. The first kappa shape index (κ1) is 43.1. The summed E-state index contributed by atoms with van der Waals surface area (Å²) in [5.41, 5.74) is 8.92. The minimum Gasteiger partial charge on any atom is -0.376 e. The number of benzene rings is 2. The number of thiazole rings is 1. The number of ketones is 1. The molecule has 2 aromatic carbocycles. The molecule has 3 aromatic rings. The van der Waals surface area contributed by atoms with Gasteiger partial charge in [0.2, 0.25) is 0 Å². The second-order valence-electron chi connectivity index (χ2n) is 15.8. The van der Waals surface area contributed by atoms with E-state index in [4.69, 9.17) is 57.7 Å². The van der Waals surface area contributed by atoms with Gasteiger partial charge in [0.25, 0.3) is 0 Å². The number of likely N-dealkylation sites (N-methyl/N-ethyl adjacent to an activating group) is 4. The fraction of sp³-hybridized carbons (Fsp3) is 0.595. The summed E-state index contributed by atoms with van der Waals surface area (Å²) in [6.07, 6.45) is 13.9. The summed E-state index contributed by atoms with van der Waals surface area (Å²) >= 11 is 24.5. The molecule has 296 valence electrons. The highest BCUT2D eigenvalue weighted by molar-refractivity contribution is 7.80. The Morgan fingerprint density at radius 2 is 1.33 bits per heavy atom. The topological polar surface area (TPSA) is 68.9 Å². The van der Waals surface area contributed by atoms with Gasteiger partial charge in [-0.25, -0.2) is 4.98 Å². The number of aromatic nitrogens is 1. The van der Waals surface area contributed by atoms with Crippen LogP contribution in [0.1, 0.15) is 93.9 Å². The van der Waals surface area contributed by atoms with Crippen molar-refractivity contribution < 1.29 is 4.79 Å². The lowest BCUT2D eigenvalue weighted by Gasteiger charge is -2.36. The number of hydrogen-bond donors (Lipinski definition) is 1. The molecule has 2 saturated heterocycles. The summed E-state index contributed by atoms with van der Waals surface area (Å²) in [4.78, 5) is 26.5. The second kappa shape index (κ2) is 19.9. The van der Waals surface area contributed by atoms with Crippen LogP contribution >= 0.6 is 58.4 Å². The Hall–Kier alpha value is -1.98. The van der Waals surface area contributed by atoms with Gasteiger partial charge >= 0.3 is 0 Å². The maximum absolute atomic E-state index is 12.2. The molecule has 1 aromatic heterocycles. The first-order valence-corrected chi connectivity index (χ1v) is 22.2. The molecule has 3 heterocycles. The average Bonchev–Trinajstić information content (AvgIpc) is 3.97. The highest BCUT2D eigenvalue weighted by Crippen LogP contribution is 2.46. The highest BCUT2D eigenvalue weighted by Gasteiger charge is 2.40. The van der Waals surface area contributed by atoms with Crippen LogP contribution in [0.4, 0.5) is 5.13 Å². The summed E-state index contributed by atoms with van der Waals surface area (Å²) in [5.74, 6) is 0.254. The monoisotopic (exact) mass is 832 g/mol. The summed E-state index contributed by atoms with van der Waals surface area (Å²) in [5, 5.41) is 5.50. The van der Waals surface area contributed by atoms with E-state index in [2.05, 4.69) is 53.4 Å². The lowest BCUT2D eigenvalue weighted by molar-refractivity contribution is -0.123. The number of carbonyl (C=O) groups excluding carboxylic acids is 1. The number of hydrogen-bond acceptors (Lipinski definition) is 7. The summed E-state index contributed by atoms with van der Waals surface area (Å²) in [6.45, 7) is 4.54. The molecule has 7 rings (SSSR count). The lowest BCUT2D eigenvalue weighted by Crippen LogP contribution is -2.41.